The third-order valence-electron chi connectivity index (χ3n) is 5.27. The van der Waals surface area contributed by atoms with Crippen molar-refractivity contribution in [1.82, 2.24) is 5.43 Å². The molecule has 0 saturated heterocycles. The molecular formula is C27H23BrN2O4. The predicted molar refractivity (Wildman–Crippen MR) is 137 cm³/mol. The van der Waals surface area contributed by atoms with Gasteiger partial charge in [0.2, 0.25) is 0 Å². The van der Waals surface area contributed by atoms with Crippen LogP contribution in [-0.2, 0) is 6.61 Å². The Labute approximate surface area is 206 Å². The largest absolute Gasteiger partial charge is 0.497 e. The van der Waals surface area contributed by atoms with Gasteiger partial charge in [0.1, 0.15) is 12.4 Å². The number of halogens is 1. The van der Waals surface area contributed by atoms with Crippen molar-refractivity contribution in [3.8, 4) is 17.2 Å². The second kappa shape index (κ2) is 10.9. The van der Waals surface area contributed by atoms with Crippen LogP contribution in [0.25, 0.3) is 10.8 Å². The van der Waals surface area contributed by atoms with Crippen molar-refractivity contribution in [3.05, 3.63) is 100 Å². The molecule has 0 bridgehead atoms. The van der Waals surface area contributed by atoms with Crippen molar-refractivity contribution < 1.29 is 19.0 Å². The molecule has 4 aromatic carbocycles. The van der Waals surface area contributed by atoms with Crippen LogP contribution in [0.5, 0.6) is 17.2 Å². The summed E-state index contributed by atoms with van der Waals surface area (Å²) >= 11 is 3.55. The Bertz CT molecular complexity index is 1330. The maximum absolute atomic E-state index is 12.3. The highest BCUT2D eigenvalue weighted by Crippen LogP contribution is 2.34. The van der Waals surface area contributed by atoms with E-state index in [1.807, 2.05) is 24.3 Å². The molecule has 0 aliphatic heterocycles. The lowest BCUT2D eigenvalue weighted by Crippen LogP contribution is -2.17. The van der Waals surface area contributed by atoms with Gasteiger partial charge in [-0.1, -0.05) is 42.5 Å². The zero-order valence-electron chi connectivity index (χ0n) is 18.7. The van der Waals surface area contributed by atoms with Gasteiger partial charge >= 0.3 is 0 Å². The van der Waals surface area contributed by atoms with Crippen LogP contribution in [0.15, 0.2) is 88.4 Å². The number of carbonyl (C=O) groups is 1. The van der Waals surface area contributed by atoms with Gasteiger partial charge < -0.3 is 14.2 Å². The van der Waals surface area contributed by atoms with Crippen molar-refractivity contribution in [1.29, 1.82) is 0 Å². The van der Waals surface area contributed by atoms with E-state index in [1.54, 1.807) is 50.8 Å². The zero-order chi connectivity index (χ0) is 23.9. The second-order valence-corrected chi connectivity index (χ2v) is 8.23. The standard InChI is InChI=1S/C27H23BrN2O4/c1-32-22-12-10-19(11-13-22)27(31)30-29-16-21-14-25(33-2)26(15-24(21)28)34-17-20-8-5-7-18-6-3-4-9-23(18)20/h3-16H,17H2,1-2H3,(H,30,31)/b29-16+. The molecule has 0 aromatic heterocycles. The molecule has 34 heavy (non-hydrogen) atoms. The Hall–Kier alpha value is -3.84. The number of rotatable bonds is 8. The van der Waals surface area contributed by atoms with E-state index < -0.39 is 0 Å². The molecule has 0 aliphatic carbocycles. The summed E-state index contributed by atoms with van der Waals surface area (Å²) < 4.78 is 17.5. The van der Waals surface area contributed by atoms with Gasteiger partial charge in [-0.3, -0.25) is 4.79 Å². The fourth-order valence-electron chi connectivity index (χ4n) is 3.46. The van der Waals surface area contributed by atoms with Gasteiger partial charge in [0.25, 0.3) is 5.91 Å². The molecule has 0 spiro atoms. The molecule has 6 nitrogen and oxygen atoms in total. The summed E-state index contributed by atoms with van der Waals surface area (Å²) in [5, 5.41) is 6.39. The van der Waals surface area contributed by atoms with Gasteiger partial charge in [0, 0.05) is 15.6 Å². The Kier molecular flexibility index (Phi) is 7.44. The lowest BCUT2D eigenvalue weighted by molar-refractivity contribution is 0.0955. The SMILES string of the molecule is COc1ccc(C(=O)N/N=C/c2cc(OC)c(OCc3cccc4ccccc34)cc2Br)cc1. The van der Waals surface area contributed by atoms with Crippen LogP contribution in [0, 0.1) is 0 Å². The van der Waals surface area contributed by atoms with E-state index in [0.29, 0.717) is 29.4 Å². The molecule has 7 heteroatoms. The average Bonchev–Trinajstić information content (AvgIpc) is 2.88. The van der Waals surface area contributed by atoms with Crippen LogP contribution in [0.4, 0.5) is 0 Å². The molecule has 4 aromatic rings. The number of hydrazone groups is 1. The first-order valence-electron chi connectivity index (χ1n) is 10.5. The fraction of sp³-hybridized carbons (Fsp3) is 0.111. The van der Waals surface area contributed by atoms with Crippen LogP contribution in [0.2, 0.25) is 0 Å². The first kappa shape index (κ1) is 23.3. The van der Waals surface area contributed by atoms with E-state index in [1.165, 1.54) is 5.39 Å². The Balaban J connectivity index is 1.46. The van der Waals surface area contributed by atoms with E-state index in [2.05, 4.69) is 50.7 Å². The maximum Gasteiger partial charge on any atom is 0.271 e. The van der Waals surface area contributed by atoms with Crippen molar-refractivity contribution in [2.24, 2.45) is 5.10 Å². The molecule has 172 valence electrons. The summed E-state index contributed by atoms with van der Waals surface area (Å²) in [4.78, 5) is 12.3. The first-order valence-corrected chi connectivity index (χ1v) is 11.3. The van der Waals surface area contributed by atoms with Gasteiger partial charge in [0.05, 0.1) is 20.4 Å². The molecule has 1 amide bonds. The number of benzene rings is 4. The lowest BCUT2D eigenvalue weighted by Gasteiger charge is -2.14. The van der Waals surface area contributed by atoms with Crippen LogP contribution in [0.3, 0.4) is 0 Å². The van der Waals surface area contributed by atoms with Gasteiger partial charge in [0.15, 0.2) is 11.5 Å². The number of amides is 1. The number of hydrogen-bond acceptors (Lipinski definition) is 5. The molecule has 0 unspecified atom stereocenters. The van der Waals surface area contributed by atoms with Crippen molar-refractivity contribution in [2.75, 3.05) is 14.2 Å². The quantitative estimate of drug-likeness (QED) is 0.230. The van der Waals surface area contributed by atoms with Crippen molar-refractivity contribution >= 4 is 38.8 Å². The highest BCUT2D eigenvalue weighted by molar-refractivity contribution is 9.10. The number of methoxy groups -OCH3 is 2. The second-order valence-electron chi connectivity index (χ2n) is 7.38. The van der Waals surface area contributed by atoms with Gasteiger partial charge in [-0.2, -0.15) is 5.10 Å². The first-order chi connectivity index (χ1) is 16.6. The van der Waals surface area contributed by atoms with E-state index in [-0.39, 0.29) is 5.91 Å². The fourth-order valence-corrected chi connectivity index (χ4v) is 3.89. The van der Waals surface area contributed by atoms with Crippen LogP contribution >= 0.6 is 15.9 Å². The maximum atomic E-state index is 12.3. The molecule has 0 fully saturated rings. The summed E-state index contributed by atoms with van der Waals surface area (Å²) in [6, 6.07) is 24.8. The normalized spacial score (nSPS) is 10.9. The number of nitrogens with one attached hydrogen (secondary N) is 1. The van der Waals surface area contributed by atoms with Crippen LogP contribution in [-0.4, -0.2) is 26.3 Å². The zero-order valence-corrected chi connectivity index (χ0v) is 20.3. The number of carbonyl (C=O) groups excluding carboxylic acids is 1. The number of nitrogens with zero attached hydrogens (tertiary/aromatic N) is 1. The van der Waals surface area contributed by atoms with Gasteiger partial charge in [-0.05, 0) is 68.7 Å². The highest BCUT2D eigenvalue weighted by Gasteiger charge is 2.11. The monoisotopic (exact) mass is 518 g/mol. The van der Waals surface area contributed by atoms with Crippen molar-refractivity contribution in [3.63, 3.8) is 0 Å². The lowest BCUT2D eigenvalue weighted by atomic mass is 10.1. The predicted octanol–water partition coefficient (Wildman–Crippen LogP) is 5.96. The minimum absolute atomic E-state index is 0.322. The third-order valence-corrected chi connectivity index (χ3v) is 5.95. The van der Waals surface area contributed by atoms with E-state index in [9.17, 15) is 4.79 Å². The van der Waals surface area contributed by atoms with E-state index in [4.69, 9.17) is 14.2 Å². The smallest absolute Gasteiger partial charge is 0.271 e. The summed E-state index contributed by atoms with van der Waals surface area (Å²) in [6.45, 7) is 0.398. The topological polar surface area (TPSA) is 69.2 Å². The van der Waals surface area contributed by atoms with Crippen LogP contribution in [0.1, 0.15) is 21.5 Å². The van der Waals surface area contributed by atoms with Crippen molar-refractivity contribution in [2.45, 2.75) is 6.61 Å². The minimum Gasteiger partial charge on any atom is -0.497 e. The molecule has 0 saturated carbocycles. The molecule has 0 heterocycles. The Morgan fingerprint density at radius 3 is 2.47 bits per heavy atom. The highest BCUT2D eigenvalue weighted by atomic mass is 79.9. The van der Waals surface area contributed by atoms with E-state index >= 15 is 0 Å². The summed E-state index contributed by atoms with van der Waals surface area (Å²) in [5.74, 6) is 1.52. The summed E-state index contributed by atoms with van der Waals surface area (Å²) in [7, 11) is 3.16. The molecule has 4 rings (SSSR count). The van der Waals surface area contributed by atoms with Crippen LogP contribution < -0.4 is 19.6 Å². The van der Waals surface area contributed by atoms with Gasteiger partial charge in [-0.25, -0.2) is 5.43 Å². The molecule has 1 N–H and O–H groups in total. The number of ether oxygens (including phenoxy) is 3. The molecule has 0 radical (unpaired) electrons. The summed E-state index contributed by atoms with van der Waals surface area (Å²) in [6.07, 6.45) is 1.54. The molecule has 0 aliphatic rings. The number of fused-ring (bicyclic) bond motifs is 1. The number of hydrogen-bond donors (Lipinski definition) is 1. The average molecular weight is 519 g/mol. The van der Waals surface area contributed by atoms with E-state index in [0.717, 1.165) is 21.0 Å². The minimum atomic E-state index is -0.322. The molecule has 0 atom stereocenters. The van der Waals surface area contributed by atoms with Gasteiger partial charge in [-0.15, -0.1) is 0 Å². The Morgan fingerprint density at radius 2 is 1.71 bits per heavy atom. The summed E-state index contributed by atoms with van der Waals surface area (Å²) in [5.41, 5.74) is 4.82. The molecular weight excluding hydrogens is 496 g/mol. The third kappa shape index (κ3) is 5.38. The Morgan fingerprint density at radius 1 is 0.941 bits per heavy atom.